The van der Waals surface area contributed by atoms with Crippen molar-refractivity contribution in [2.45, 2.75) is 69.7 Å². The van der Waals surface area contributed by atoms with Crippen LogP contribution in [0.5, 0.6) is 0 Å². The molecule has 8 nitrogen and oxygen atoms in total. The SMILES string of the molecule is CC(C)(C)OC(=O)N1[C@@H]2CC[C@H]1[C@@H]1C[C@]1(NC(=O)c1ccn3nncc3c1)C2. The number of pyridine rings is 1. The van der Waals surface area contributed by atoms with E-state index in [2.05, 4.69) is 15.6 Å². The van der Waals surface area contributed by atoms with Crippen molar-refractivity contribution in [3.05, 3.63) is 30.1 Å². The summed E-state index contributed by atoms with van der Waals surface area (Å²) in [6.45, 7) is 5.68. The Bertz CT molecular complexity index is 964. The van der Waals surface area contributed by atoms with E-state index >= 15 is 0 Å². The summed E-state index contributed by atoms with van der Waals surface area (Å²) < 4.78 is 7.26. The number of piperidine rings is 1. The highest BCUT2D eigenvalue weighted by molar-refractivity contribution is 5.96. The topological polar surface area (TPSA) is 88.8 Å². The van der Waals surface area contributed by atoms with Gasteiger partial charge in [0.15, 0.2) is 0 Å². The molecule has 8 heteroatoms. The van der Waals surface area contributed by atoms with Crippen LogP contribution in [0.3, 0.4) is 0 Å². The highest BCUT2D eigenvalue weighted by Gasteiger charge is 2.67. The Hall–Kier alpha value is -2.64. The van der Waals surface area contributed by atoms with Gasteiger partial charge >= 0.3 is 6.09 Å². The first-order chi connectivity index (χ1) is 13.3. The number of hydrogen-bond acceptors (Lipinski definition) is 5. The first-order valence-corrected chi connectivity index (χ1v) is 9.90. The Kier molecular flexibility index (Phi) is 3.54. The number of fused-ring (bicyclic) bond motifs is 5. The van der Waals surface area contributed by atoms with Gasteiger partial charge in [0.1, 0.15) is 5.60 Å². The van der Waals surface area contributed by atoms with E-state index in [1.54, 1.807) is 29.0 Å². The van der Waals surface area contributed by atoms with Crippen LogP contribution in [0.4, 0.5) is 4.79 Å². The zero-order valence-corrected chi connectivity index (χ0v) is 16.4. The largest absolute Gasteiger partial charge is 0.444 e. The molecule has 2 bridgehead atoms. The van der Waals surface area contributed by atoms with Gasteiger partial charge in [0, 0.05) is 35.3 Å². The molecular formula is C20H25N5O3. The Morgan fingerprint density at radius 3 is 2.89 bits per heavy atom. The number of aromatic nitrogens is 3. The Morgan fingerprint density at radius 1 is 1.29 bits per heavy atom. The Balaban J connectivity index is 1.31. The summed E-state index contributed by atoms with van der Waals surface area (Å²) in [6, 6.07) is 3.86. The highest BCUT2D eigenvalue weighted by Crippen LogP contribution is 2.59. The molecule has 28 heavy (non-hydrogen) atoms. The first-order valence-electron chi connectivity index (χ1n) is 9.90. The molecule has 2 aliphatic heterocycles. The summed E-state index contributed by atoms with van der Waals surface area (Å²) in [5, 5.41) is 11.1. The average Bonchev–Trinajstić information content (AvgIpc) is 2.97. The first kappa shape index (κ1) is 17.5. The molecule has 4 atom stereocenters. The molecule has 3 fully saturated rings. The predicted octanol–water partition coefficient (Wildman–Crippen LogP) is 2.39. The number of nitrogens with one attached hydrogen (secondary N) is 1. The molecule has 5 rings (SSSR count). The van der Waals surface area contributed by atoms with Crippen molar-refractivity contribution in [2.24, 2.45) is 5.92 Å². The van der Waals surface area contributed by atoms with Crippen molar-refractivity contribution >= 4 is 17.5 Å². The van der Waals surface area contributed by atoms with E-state index < -0.39 is 5.60 Å². The zero-order valence-electron chi connectivity index (χ0n) is 16.4. The third-order valence-electron chi connectivity index (χ3n) is 6.27. The lowest BCUT2D eigenvalue weighted by Gasteiger charge is -2.39. The average molecular weight is 383 g/mol. The van der Waals surface area contributed by atoms with Gasteiger partial charge in [-0.25, -0.2) is 9.31 Å². The fourth-order valence-electron chi connectivity index (χ4n) is 5.06. The van der Waals surface area contributed by atoms with Gasteiger partial charge in [-0.3, -0.25) is 4.79 Å². The van der Waals surface area contributed by atoms with Gasteiger partial charge in [0.2, 0.25) is 0 Å². The van der Waals surface area contributed by atoms with E-state index in [9.17, 15) is 9.59 Å². The molecule has 2 aromatic heterocycles. The molecule has 2 aromatic rings. The lowest BCUT2D eigenvalue weighted by atomic mass is 9.97. The molecular weight excluding hydrogens is 358 g/mol. The van der Waals surface area contributed by atoms with Crippen molar-refractivity contribution in [1.29, 1.82) is 0 Å². The number of ether oxygens (including phenoxy) is 1. The molecule has 1 N–H and O–H groups in total. The second-order valence-corrected chi connectivity index (χ2v) is 9.33. The number of carbonyl (C=O) groups excluding carboxylic acids is 2. The van der Waals surface area contributed by atoms with E-state index in [0.717, 1.165) is 31.2 Å². The molecule has 1 aliphatic carbocycles. The van der Waals surface area contributed by atoms with E-state index in [1.807, 2.05) is 25.7 Å². The van der Waals surface area contributed by atoms with E-state index in [4.69, 9.17) is 4.74 Å². The number of carbonyl (C=O) groups is 2. The van der Waals surface area contributed by atoms with Crippen LogP contribution < -0.4 is 5.32 Å². The molecule has 148 valence electrons. The fourth-order valence-corrected chi connectivity index (χ4v) is 5.06. The molecule has 2 amide bonds. The standard InChI is InChI=1S/C20H25N5O3/c1-19(2,3)28-18(27)25-13-4-5-16(25)15-10-20(15,9-13)22-17(26)12-6-7-24-14(8-12)11-21-23-24/h6-8,11,13,15-16H,4-5,9-10H2,1-3H3,(H,22,26)/t13-,15+,16+,20-/m1/s1. The normalized spacial score (nSPS) is 30.8. The highest BCUT2D eigenvalue weighted by atomic mass is 16.6. The minimum atomic E-state index is -0.496. The van der Waals surface area contributed by atoms with Crippen molar-refractivity contribution in [3.8, 4) is 0 Å². The summed E-state index contributed by atoms with van der Waals surface area (Å²) in [5.41, 5.74) is 0.713. The monoisotopic (exact) mass is 383 g/mol. The van der Waals surface area contributed by atoms with Gasteiger partial charge in [-0.05, 0) is 58.6 Å². The second-order valence-electron chi connectivity index (χ2n) is 9.33. The van der Waals surface area contributed by atoms with Gasteiger partial charge in [0.25, 0.3) is 5.91 Å². The molecule has 0 spiro atoms. The minimum Gasteiger partial charge on any atom is -0.444 e. The van der Waals surface area contributed by atoms with Crippen LogP contribution in [-0.4, -0.2) is 55.0 Å². The predicted molar refractivity (Wildman–Crippen MR) is 101 cm³/mol. The summed E-state index contributed by atoms with van der Waals surface area (Å²) in [7, 11) is 0. The van der Waals surface area contributed by atoms with Crippen LogP contribution >= 0.6 is 0 Å². The lowest BCUT2D eigenvalue weighted by Crippen LogP contribution is -2.54. The maximum atomic E-state index is 12.9. The molecule has 2 saturated heterocycles. The maximum absolute atomic E-state index is 12.9. The lowest BCUT2D eigenvalue weighted by molar-refractivity contribution is 0.00393. The van der Waals surface area contributed by atoms with Gasteiger partial charge in [0.05, 0.1) is 11.7 Å². The van der Waals surface area contributed by atoms with Gasteiger partial charge in [-0.15, -0.1) is 5.10 Å². The smallest absolute Gasteiger partial charge is 0.410 e. The summed E-state index contributed by atoms with van der Waals surface area (Å²) in [5.74, 6) is 0.236. The Morgan fingerprint density at radius 2 is 2.11 bits per heavy atom. The van der Waals surface area contributed by atoms with Gasteiger partial charge in [-0.1, -0.05) is 5.21 Å². The molecule has 0 aromatic carbocycles. The number of amides is 2. The van der Waals surface area contributed by atoms with Crippen molar-refractivity contribution in [3.63, 3.8) is 0 Å². The molecule has 1 saturated carbocycles. The summed E-state index contributed by atoms with van der Waals surface area (Å²) in [4.78, 5) is 27.5. The van der Waals surface area contributed by atoms with Crippen molar-refractivity contribution in [1.82, 2.24) is 25.0 Å². The van der Waals surface area contributed by atoms with E-state index in [0.29, 0.717) is 11.5 Å². The summed E-state index contributed by atoms with van der Waals surface area (Å²) in [6.07, 6.45) is 6.85. The Labute approximate surface area is 163 Å². The van der Waals surface area contributed by atoms with Gasteiger partial charge < -0.3 is 15.0 Å². The van der Waals surface area contributed by atoms with Crippen LogP contribution in [-0.2, 0) is 4.74 Å². The quantitative estimate of drug-likeness (QED) is 0.860. The van der Waals surface area contributed by atoms with E-state index in [1.165, 1.54) is 0 Å². The number of nitrogens with zero attached hydrogens (tertiary/aromatic N) is 4. The third kappa shape index (κ3) is 2.73. The van der Waals surface area contributed by atoms with Crippen molar-refractivity contribution in [2.75, 3.05) is 0 Å². The zero-order chi connectivity index (χ0) is 19.7. The van der Waals surface area contributed by atoms with Gasteiger partial charge in [-0.2, -0.15) is 0 Å². The van der Waals surface area contributed by atoms with Crippen LogP contribution in [0, 0.1) is 5.92 Å². The third-order valence-corrected chi connectivity index (χ3v) is 6.27. The molecule has 0 unspecified atom stereocenters. The van der Waals surface area contributed by atoms with E-state index in [-0.39, 0.29) is 29.6 Å². The maximum Gasteiger partial charge on any atom is 0.410 e. The fraction of sp³-hybridized carbons (Fsp3) is 0.600. The summed E-state index contributed by atoms with van der Waals surface area (Å²) >= 11 is 0. The van der Waals surface area contributed by atoms with Crippen LogP contribution in [0.2, 0.25) is 0 Å². The van der Waals surface area contributed by atoms with Crippen LogP contribution in [0.15, 0.2) is 24.5 Å². The molecule has 4 heterocycles. The van der Waals surface area contributed by atoms with Crippen molar-refractivity contribution < 1.29 is 14.3 Å². The second kappa shape index (κ2) is 5.68. The van der Waals surface area contributed by atoms with Crippen LogP contribution in [0.25, 0.3) is 5.52 Å². The molecule has 3 aliphatic rings. The number of hydrogen-bond donors (Lipinski definition) is 1. The minimum absolute atomic E-state index is 0.0729. The number of rotatable bonds is 2. The van der Waals surface area contributed by atoms with Crippen LogP contribution in [0.1, 0.15) is 56.8 Å². The molecule has 0 radical (unpaired) electrons.